The van der Waals surface area contributed by atoms with Crippen LogP contribution in [0.4, 0.5) is 13.2 Å². The van der Waals surface area contributed by atoms with Crippen LogP contribution in [0.25, 0.3) is 0 Å². The van der Waals surface area contributed by atoms with E-state index in [-0.39, 0.29) is 11.8 Å². The maximum atomic E-state index is 13.6. The van der Waals surface area contributed by atoms with Crippen LogP contribution in [0.1, 0.15) is 13.3 Å². The van der Waals surface area contributed by atoms with Crippen molar-refractivity contribution in [3.63, 3.8) is 0 Å². The van der Waals surface area contributed by atoms with Crippen LogP contribution in [0.3, 0.4) is 0 Å². The normalized spacial score (nSPS) is 33.7. The molecule has 5 atom stereocenters. The van der Waals surface area contributed by atoms with Crippen molar-refractivity contribution < 1.29 is 27.8 Å². The van der Waals surface area contributed by atoms with Crippen molar-refractivity contribution in [1.29, 1.82) is 0 Å². The van der Waals surface area contributed by atoms with Crippen LogP contribution in [0.5, 0.6) is 0 Å². The molecule has 5 nitrogen and oxygen atoms in total. The van der Waals surface area contributed by atoms with Gasteiger partial charge in [0.15, 0.2) is 6.04 Å². The van der Waals surface area contributed by atoms with E-state index in [9.17, 15) is 18.3 Å². The molecule has 0 aromatic carbocycles. The van der Waals surface area contributed by atoms with Crippen molar-refractivity contribution in [2.45, 2.75) is 37.8 Å². The lowest BCUT2D eigenvalue weighted by molar-refractivity contribution is -0.157. The van der Waals surface area contributed by atoms with Gasteiger partial charge in [0.1, 0.15) is 5.76 Å². The second-order valence-electron chi connectivity index (χ2n) is 6.82. The smallest absolute Gasteiger partial charge is 0.411 e. The topological polar surface area (TPSA) is 63.1 Å². The van der Waals surface area contributed by atoms with Gasteiger partial charge in [-0.2, -0.15) is 18.3 Å². The first-order valence-electron chi connectivity index (χ1n) is 8.69. The summed E-state index contributed by atoms with van der Waals surface area (Å²) in [5.74, 6) is -1.17. The van der Waals surface area contributed by atoms with Crippen molar-refractivity contribution in [3.8, 4) is 0 Å². The van der Waals surface area contributed by atoms with Gasteiger partial charge in [-0.15, -0.1) is 0 Å². The van der Waals surface area contributed by atoms with Gasteiger partial charge >= 0.3 is 6.18 Å². The Morgan fingerprint density at radius 2 is 1.96 bits per heavy atom. The third kappa shape index (κ3) is 3.68. The molecule has 0 amide bonds. The number of allylic oxidation sites excluding steroid dienone is 2. The highest BCUT2D eigenvalue weighted by Crippen LogP contribution is 2.39. The summed E-state index contributed by atoms with van der Waals surface area (Å²) in [6, 6.07) is -1.84. The van der Waals surface area contributed by atoms with Crippen LogP contribution >= 0.6 is 0 Å². The van der Waals surface area contributed by atoms with Gasteiger partial charge in [-0.3, -0.25) is 5.43 Å². The summed E-state index contributed by atoms with van der Waals surface area (Å²) in [6.45, 7) is 1.70. The average Bonchev–Trinajstić information content (AvgIpc) is 3.09. The van der Waals surface area contributed by atoms with E-state index in [1.807, 2.05) is 0 Å². The fourth-order valence-electron chi connectivity index (χ4n) is 3.72. The number of hydrogen-bond donors (Lipinski definition) is 2. The minimum atomic E-state index is -4.48. The van der Waals surface area contributed by atoms with Gasteiger partial charge in [0.2, 0.25) is 0 Å². The van der Waals surface area contributed by atoms with E-state index in [1.165, 1.54) is 7.11 Å². The van der Waals surface area contributed by atoms with Crippen molar-refractivity contribution >= 4 is 5.71 Å². The van der Waals surface area contributed by atoms with Crippen LogP contribution in [0.15, 0.2) is 52.4 Å². The first kappa shape index (κ1) is 19.7. The van der Waals surface area contributed by atoms with Crippen molar-refractivity contribution in [2.75, 3.05) is 14.2 Å². The number of methoxy groups -OCH3 is 2. The predicted molar refractivity (Wildman–Crippen MR) is 94.9 cm³/mol. The Morgan fingerprint density at radius 3 is 2.52 bits per heavy atom. The Morgan fingerprint density at radius 1 is 1.22 bits per heavy atom. The number of nitrogens with one attached hydrogen (secondary N) is 1. The number of alkyl halides is 3. The van der Waals surface area contributed by atoms with E-state index in [4.69, 9.17) is 9.47 Å². The molecular weight excluding hydrogens is 361 g/mol. The molecule has 0 aromatic heterocycles. The zero-order chi connectivity index (χ0) is 19.8. The summed E-state index contributed by atoms with van der Waals surface area (Å²) in [7, 11) is 3.04. The first-order chi connectivity index (χ1) is 12.8. The van der Waals surface area contributed by atoms with E-state index < -0.39 is 30.2 Å². The quantitative estimate of drug-likeness (QED) is 0.783. The molecular formula is C19H23F3N2O3. The fraction of sp³-hybridized carbons (Fsp3) is 0.526. The molecule has 5 unspecified atom stereocenters. The Labute approximate surface area is 155 Å². The number of nitrogens with zero attached hydrogens (tertiary/aromatic N) is 1. The number of halogens is 3. The molecule has 0 fully saturated rings. The highest BCUT2D eigenvalue weighted by atomic mass is 19.4. The minimum absolute atomic E-state index is 0.151. The number of hydrazone groups is 1. The molecule has 0 aromatic rings. The van der Waals surface area contributed by atoms with Gasteiger partial charge < -0.3 is 14.6 Å². The SMILES string of the molecule is COC1=C(C)C(O)C(C2=NNC(C(F)(F)F)C2C2=CCC(OC)C=C2)C=C1. The molecule has 2 aliphatic carbocycles. The summed E-state index contributed by atoms with van der Waals surface area (Å²) in [5.41, 5.74) is 3.59. The zero-order valence-electron chi connectivity index (χ0n) is 15.3. The first-order valence-corrected chi connectivity index (χ1v) is 8.69. The minimum Gasteiger partial charge on any atom is -0.497 e. The fourth-order valence-corrected chi connectivity index (χ4v) is 3.72. The number of rotatable bonds is 4. The van der Waals surface area contributed by atoms with Gasteiger partial charge in [-0.1, -0.05) is 24.3 Å². The standard InChI is InChI=1S/C19H23F3N2O3/c1-10-14(27-3)9-8-13(17(10)25)16-15(18(24-23-16)19(20,21)22)11-4-6-12(26-2)7-5-11/h4-6,8-9,12-13,15,17-18,24-25H,7H2,1-3H3. The third-order valence-corrected chi connectivity index (χ3v) is 5.28. The third-order valence-electron chi connectivity index (χ3n) is 5.28. The van der Waals surface area contributed by atoms with Crippen LogP contribution in [-0.4, -0.2) is 49.5 Å². The van der Waals surface area contributed by atoms with E-state index in [0.717, 1.165) is 0 Å². The largest absolute Gasteiger partial charge is 0.497 e. The van der Waals surface area contributed by atoms with E-state index in [0.29, 0.717) is 23.3 Å². The molecule has 0 saturated carbocycles. The Hall–Kier alpha value is -2.06. The van der Waals surface area contributed by atoms with Gasteiger partial charge in [-0.05, 0) is 30.6 Å². The molecule has 27 heavy (non-hydrogen) atoms. The van der Waals surface area contributed by atoms with E-state index in [2.05, 4.69) is 10.5 Å². The number of hydrogen-bond acceptors (Lipinski definition) is 5. The van der Waals surface area contributed by atoms with Crippen LogP contribution < -0.4 is 5.43 Å². The number of aliphatic hydroxyl groups is 1. The van der Waals surface area contributed by atoms with Crippen molar-refractivity contribution in [1.82, 2.24) is 5.43 Å². The van der Waals surface area contributed by atoms with Crippen LogP contribution in [0, 0.1) is 11.8 Å². The van der Waals surface area contributed by atoms with Gasteiger partial charge in [-0.25, -0.2) is 0 Å². The molecule has 1 aliphatic heterocycles. The average molecular weight is 384 g/mol. The molecule has 148 valence electrons. The maximum Gasteiger partial charge on any atom is 0.411 e. The second kappa shape index (κ2) is 7.52. The lowest BCUT2D eigenvalue weighted by atomic mass is 9.76. The molecule has 8 heteroatoms. The Bertz CT molecular complexity index is 737. The molecule has 2 N–H and O–H groups in total. The van der Waals surface area contributed by atoms with E-state index in [1.54, 1.807) is 44.4 Å². The number of aliphatic hydroxyl groups excluding tert-OH is 1. The zero-order valence-corrected chi connectivity index (χ0v) is 15.3. The second-order valence-corrected chi connectivity index (χ2v) is 6.82. The highest BCUT2D eigenvalue weighted by molar-refractivity contribution is 5.96. The lowest BCUT2D eigenvalue weighted by Gasteiger charge is -2.31. The van der Waals surface area contributed by atoms with Crippen LogP contribution in [-0.2, 0) is 9.47 Å². The molecule has 0 saturated heterocycles. The van der Waals surface area contributed by atoms with Crippen molar-refractivity contribution in [3.05, 3.63) is 47.3 Å². The monoisotopic (exact) mass is 384 g/mol. The number of ether oxygens (including phenoxy) is 2. The molecule has 0 bridgehead atoms. The van der Waals surface area contributed by atoms with Crippen LogP contribution in [0.2, 0.25) is 0 Å². The summed E-state index contributed by atoms with van der Waals surface area (Å²) in [5, 5.41) is 14.7. The summed E-state index contributed by atoms with van der Waals surface area (Å²) < 4.78 is 51.3. The van der Waals surface area contributed by atoms with Gasteiger partial charge in [0.25, 0.3) is 0 Å². The molecule has 1 heterocycles. The van der Waals surface area contributed by atoms with Crippen molar-refractivity contribution in [2.24, 2.45) is 16.9 Å². The predicted octanol–water partition coefficient (Wildman–Crippen LogP) is 2.86. The van der Waals surface area contributed by atoms with Gasteiger partial charge in [0, 0.05) is 13.0 Å². The summed E-state index contributed by atoms with van der Waals surface area (Å²) >= 11 is 0. The maximum absolute atomic E-state index is 13.6. The lowest BCUT2D eigenvalue weighted by Crippen LogP contribution is -2.45. The highest BCUT2D eigenvalue weighted by Gasteiger charge is 2.52. The molecule has 3 aliphatic rings. The Kier molecular flexibility index (Phi) is 5.48. The van der Waals surface area contributed by atoms with Gasteiger partial charge in [0.05, 0.1) is 30.9 Å². The molecule has 0 spiro atoms. The summed E-state index contributed by atoms with van der Waals surface area (Å²) in [4.78, 5) is 0. The summed E-state index contributed by atoms with van der Waals surface area (Å²) in [6.07, 6.45) is 3.34. The Balaban J connectivity index is 1.93. The molecule has 3 rings (SSSR count). The van der Waals surface area contributed by atoms with E-state index >= 15 is 0 Å². The molecule has 0 radical (unpaired) electrons.